The van der Waals surface area contributed by atoms with Gasteiger partial charge < -0.3 is 4.74 Å². The van der Waals surface area contributed by atoms with Crippen LogP contribution in [0.5, 0.6) is 0 Å². The summed E-state index contributed by atoms with van der Waals surface area (Å²) in [5.41, 5.74) is 1.59. The molecule has 90 valence electrons. The van der Waals surface area contributed by atoms with Crippen molar-refractivity contribution < 1.29 is 17.9 Å². The minimum atomic E-state index is -4.20. The summed E-state index contributed by atoms with van der Waals surface area (Å²) in [7, 11) is 0. The molecule has 1 nitrogen and oxygen atoms in total. The molecular formula is C12H15F3O. The van der Waals surface area contributed by atoms with Crippen LogP contribution in [0.25, 0.3) is 0 Å². The van der Waals surface area contributed by atoms with Gasteiger partial charge in [0.2, 0.25) is 0 Å². The number of alkyl halides is 3. The van der Waals surface area contributed by atoms with Gasteiger partial charge in [-0.05, 0) is 19.4 Å². The van der Waals surface area contributed by atoms with Crippen molar-refractivity contribution in [3.63, 3.8) is 0 Å². The van der Waals surface area contributed by atoms with E-state index in [1.165, 1.54) is 0 Å². The fraction of sp³-hybridized carbons (Fsp3) is 0.500. The second-order valence-electron chi connectivity index (χ2n) is 3.67. The SMILES string of the molecule is CCOC(CC(F)(F)F)c1ccc(C)cc1. The molecular weight excluding hydrogens is 217 g/mol. The van der Waals surface area contributed by atoms with Crippen molar-refractivity contribution in [1.29, 1.82) is 0 Å². The molecule has 0 fully saturated rings. The highest BCUT2D eigenvalue weighted by Gasteiger charge is 2.32. The van der Waals surface area contributed by atoms with Gasteiger partial charge in [-0.15, -0.1) is 0 Å². The second kappa shape index (κ2) is 5.34. The molecule has 0 radical (unpaired) electrons. The van der Waals surface area contributed by atoms with E-state index in [9.17, 15) is 13.2 Å². The molecule has 1 aromatic rings. The molecule has 1 aromatic carbocycles. The van der Waals surface area contributed by atoms with E-state index in [4.69, 9.17) is 4.74 Å². The van der Waals surface area contributed by atoms with Crippen LogP contribution in [-0.4, -0.2) is 12.8 Å². The first-order valence-corrected chi connectivity index (χ1v) is 5.17. The first kappa shape index (κ1) is 13.0. The van der Waals surface area contributed by atoms with Crippen LogP contribution in [0.1, 0.15) is 30.6 Å². The van der Waals surface area contributed by atoms with E-state index in [-0.39, 0.29) is 6.61 Å². The molecule has 0 amide bonds. The maximum atomic E-state index is 12.3. The molecule has 0 heterocycles. The van der Waals surface area contributed by atoms with Gasteiger partial charge in [0.25, 0.3) is 0 Å². The van der Waals surface area contributed by atoms with Crippen molar-refractivity contribution in [2.45, 2.75) is 32.5 Å². The molecule has 16 heavy (non-hydrogen) atoms. The monoisotopic (exact) mass is 232 g/mol. The van der Waals surface area contributed by atoms with E-state index in [1.54, 1.807) is 31.2 Å². The highest BCUT2D eigenvalue weighted by molar-refractivity contribution is 5.23. The first-order valence-electron chi connectivity index (χ1n) is 5.17. The van der Waals surface area contributed by atoms with E-state index in [0.29, 0.717) is 5.56 Å². The van der Waals surface area contributed by atoms with Gasteiger partial charge in [0.15, 0.2) is 0 Å². The molecule has 0 saturated heterocycles. The van der Waals surface area contributed by atoms with E-state index in [1.807, 2.05) is 6.92 Å². The Morgan fingerprint density at radius 1 is 1.19 bits per heavy atom. The maximum Gasteiger partial charge on any atom is 0.391 e. The lowest BCUT2D eigenvalue weighted by atomic mass is 10.0. The molecule has 0 aliphatic heterocycles. The molecule has 1 rings (SSSR count). The van der Waals surface area contributed by atoms with E-state index >= 15 is 0 Å². The van der Waals surface area contributed by atoms with Crippen LogP contribution in [0.2, 0.25) is 0 Å². The summed E-state index contributed by atoms with van der Waals surface area (Å²) in [5, 5.41) is 0. The maximum absolute atomic E-state index is 12.3. The largest absolute Gasteiger partial charge is 0.391 e. The number of aryl methyl sites for hydroxylation is 1. The Labute approximate surface area is 93.2 Å². The smallest absolute Gasteiger partial charge is 0.373 e. The summed E-state index contributed by atoms with van der Waals surface area (Å²) in [6, 6.07) is 6.94. The zero-order valence-electron chi connectivity index (χ0n) is 9.34. The van der Waals surface area contributed by atoms with Gasteiger partial charge in [-0.1, -0.05) is 29.8 Å². The third kappa shape index (κ3) is 4.23. The Morgan fingerprint density at radius 2 is 1.75 bits per heavy atom. The molecule has 0 N–H and O–H groups in total. The Balaban J connectivity index is 2.80. The van der Waals surface area contributed by atoms with Crippen LogP contribution >= 0.6 is 0 Å². The third-order valence-corrected chi connectivity index (χ3v) is 2.23. The number of halogens is 3. The van der Waals surface area contributed by atoms with Gasteiger partial charge in [-0.25, -0.2) is 0 Å². The quantitative estimate of drug-likeness (QED) is 0.761. The molecule has 0 saturated carbocycles. The van der Waals surface area contributed by atoms with Crippen LogP contribution in [0.4, 0.5) is 13.2 Å². The minimum Gasteiger partial charge on any atom is -0.373 e. The number of hydrogen-bond donors (Lipinski definition) is 0. The zero-order chi connectivity index (χ0) is 12.2. The van der Waals surface area contributed by atoms with Crippen molar-refractivity contribution >= 4 is 0 Å². The Bertz CT molecular complexity index is 316. The standard InChI is InChI=1S/C12H15F3O/c1-3-16-11(8-12(13,14)15)10-6-4-9(2)5-7-10/h4-7,11H,3,8H2,1-2H3. The number of benzene rings is 1. The summed E-state index contributed by atoms with van der Waals surface area (Å²) in [5.74, 6) is 0. The number of ether oxygens (including phenoxy) is 1. The lowest BCUT2D eigenvalue weighted by Crippen LogP contribution is -2.16. The Kier molecular flexibility index (Phi) is 4.35. The summed E-state index contributed by atoms with van der Waals surface area (Å²) < 4.78 is 42.1. The van der Waals surface area contributed by atoms with E-state index in [2.05, 4.69) is 0 Å². The zero-order valence-corrected chi connectivity index (χ0v) is 9.34. The summed E-state index contributed by atoms with van der Waals surface area (Å²) in [4.78, 5) is 0. The van der Waals surface area contributed by atoms with E-state index in [0.717, 1.165) is 5.56 Å². The van der Waals surface area contributed by atoms with Crippen LogP contribution in [-0.2, 0) is 4.74 Å². The molecule has 1 unspecified atom stereocenters. The molecule has 1 atom stereocenters. The summed E-state index contributed by atoms with van der Waals surface area (Å²) in [6.45, 7) is 3.86. The second-order valence-corrected chi connectivity index (χ2v) is 3.67. The number of rotatable bonds is 4. The molecule has 0 aliphatic rings. The molecule has 0 aliphatic carbocycles. The predicted molar refractivity (Wildman–Crippen MR) is 56.2 cm³/mol. The van der Waals surface area contributed by atoms with Crippen molar-refractivity contribution in [3.05, 3.63) is 35.4 Å². The van der Waals surface area contributed by atoms with Gasteiger partial charge in [-0.3, -0.25) is 0 Å². The highest BCUT2D eigenvalue weighted by Crippen LogP contribution is 2.32. The van der Waals surface area contributed by atoms with Crippen molar-refractivity contribution in [1.82, 2.24) is 0 Å². The van der Waals surface area contributed by atoms with Crippen LogP contribution in [0.15, 0.2) is 24.3 Å². The van der Waals surface area contributed by atoms with Crippen LogP contribution < -0.4 is 0 Å². The lowest BCUT2D eigenvalue weighted by molar-refractivity contribution is -0.161. The predicted octanol–water partition coefficient (Wildman–Crippen LogP) is 4.03. The average Bonchev–Trinajstić information content (AvgIpc) is 2.16. The van der Waals surface area contributed by atoms with Crippen molar-refractivity contribution in [2.24, 2.45) is 0 Å². The first-order chi connectivity index (χ1) is 7.42. The lowest BCUT2D eigenvalue weighted by Gasteiger charge is -2.19. The van der Waals surface area contributed by atoms with Gasteiger partial charge in [0.1, 0.15) is 0 Å². The molecule has 4 heteroatoms. The number of hydrogen-bond acceptors (Lipinski definition) is 1. The van der Waals surface area contributed by atoms with Crippen LogP contribution in [0, 0.1) is 6.92 Å². The minimum absolute atomic E-state index is 0.272. The summed E-state index contributed by atoms with van der Waals surface area (Å²) in [6.07, 6.45) is -6.04. The van der Waals surface area contributed by atoms with Crippen molar-refractivity contribution in [3.8, 4) is 0 Å². The fourth-order valence-corrected chi connectivity index (χ4v) is 1.47. The van der Waals surface area contributed by atoms with Gasteiger partial charge in [0, 0.05) is 6.61 Å². The van der Waals surface area contributed by atoms with Gasteiger partial charge >= 0.3 is 6.18 Å². The molecule has 0 aromatic heterocycles. The molecule has 0 spiro atoms. The average molecular weight is 232 g/mol. The third-order valence-electron chi connectivity index (χ3n) is 2.23. The van der Waals surface area contributed by atoms with Gasteiger partial charge in [-0.2, -0.15) is 13.2 Å². The van der Waals surface area contributed by atoms with Crippen molar-refractivity contribution in [2.75, 3.05) is 6.61 Å². The fourth-order valence-electron chi connectivity index (χ4n) is 1.47. The Hall–Kier alpha value is -1.03. The summed E-state index contributed by atoms with van der Waals surface area (Å²) >= 11 is 0. The normalized spacial score (nSPS) is 13.8. The van der Waals surface area contributed by atoms with E-state index < -0.39 is 18.7 Å². The topological polar surface area (TPSA) is 9.23 Å². The molecule has 0 bridgehead atoms. The van der Waals surface area contributed by atoms with Crippen LogP contribution in [0.3, 0.4) is 0 Å². The van der Waals surface area contributed by atoms with Gasteiger partial charge in [0.05, 0.1) is 12.5 Å². The highest BCUT2D eigenvalue weighted by atomic mass is 19.4. The Morgan fingerprint density at radius 3 is 2.19 bits per heavy atom.